The third kappa shape index (κ3) is 6.28. The van der Waals surface area contributed by atoms with Crippen LogP contribution >= 0.6 is 11.8 Å². The molecule has 0 fully saturated rings. The average Bonchev–Trinajstić information content (AvgIpc) is 2.26. The van der Waals surface area contributed by atoms with Gasteiger partial charge in [0.1, 0.15) is 11.6 Å². The van der Waals surface area contributed by atoms with Crippen LogP contribution in [0.2, 0.25) is 0 Å². The van der Waals surface area contributed by atoms with E-state index in [2.05, 4.69) is 4.74 Å². The number of benzene rings is 1. The minimum Gasteiger partial charge on any atom is -0.406 e. The van der Waals surface area contributed by atoms with Crippen molar-refractivity contribution in [1.29, 1.82) is 0 Å². The summed E-state index contributed by atoms with van der Waals surface area (Å²) in [5, 5.41) is -0.0979. The highest BCUT2D eigenvalue weighted by Crippen LogP contribution is 2.25. The summed E-state index contributed by atoms with van der Waals surface area (Å²) in [6.45, 7) is 1.39. The minimum atomic E-state index is -4.82. The van der Waals surface area contributed by atoms with Gasteiger partial charge in [0.05, 0.1) is 0 Å². The summed E-state index contributed by atoms with van der Waals surface area (Å²) in [5.74, 6) is -0.842. The Hall–Kier alpha value is -1.50. The van der Waals surface area contributed by atoms with Gasteiger partial charge in [-0.3, -0.25) is 4.79 Å². The largest absolute Gasteiger partial charge is 0.573 e. The van der Waals surface area contributed by atoms with E-state index in [1.54, 1.807) is 0 Å². The molecular weight excluding hydrogens is 284 g/mol. The zero-order chi connectivity index (χ0) is 14.5. The molecule has 0 amide bonds. The summed E-state index contributed by atoms with van der Waals surface area (Å²) in [4.78, 5) is 10.6. The predicted octanol–water partition coefficient (Wildman–Crippen LogP) is 4.02. The number of halogens is 4. The minimum absolute atomic E-state index is 0.0362. The van der Waals surface area contributed by atoms with Gasteiger partial charge in [-0.1, -0.05) is 23.9 Å². The molecule has 0 aliphatic carbocycles. The van der Waals surface area contributed by atoms with Gasteiger partial charge in [-0.25, -0.2) is 4.39 Å². The molecule has 0 saturated carbocycles. The van der Waals surface area contributed by atoms with Crippen molar-refractivity contribution < 1.29 is 27.1 Å². The van der Waals surface area contributed by atoms with Crippen LogP contribution in [0.4, 0.5) is 17.6 Å². The first-order valence-electron chi connectivity index (χ1n) is 5.13. The fourth-order valence-electron chi connectivity index (χ4n) is 1.19. The lowest BCUT2D eigenvalue weighted by molar-refractivity contribution is -0.274. The third-order valence-corrected chi connectivity index (χ3v) is 2.65. The molecular formula is C12H10F4O2S. The first-order chi connectivity index (χ1) is 8.78. The van der Waals surface area contributed by atoms with Gasteiger partial charge in [0.25, 0.3) is 0 Å². The van der Waals surface area contributed by atoms with Crippen molar-refractivity contribution in [3.63, 3.8) is 0 Å². The van der Waals surface area contributed by atoms with Crippen molar-refractivity contribution in [2.24, 2.45) is 0 Å². The number of hydrogen-bond acceptors (Lipinski definition) is 3. The second-order valence-corrected chi connectivity index (χ2v) is 4.63. The van der Waals surface area contributed by atoms with Crippen molar-refractivity contribution in [3.8, 4) is 5.75 Å². The molecule has 0 spiro atoms. The molecule has 0 unspecified atom stereocenters. The van der Waals surface area contributed by atoms with E-state index in [4.69, 9.17) is 0 Å². The van der Waals surface area contributed by atoms with E-state index in [-0.39, 0.29) is 10.7 Å². The fourth-order valence-corrected chi connectivity index (χ4v) is 1.61. The van der Waals surface area contributed by atoms with E-state index >= 15 is 0 Å². The predicted molar refractivity (Wildman–Crippen MR) is 65.3 cm³/mol. The molecule has 104 valence electrons. The lowest BCUT2D eigenvalue weighted by Gasteiger charge is -2.09. The second-order valence-electron chi connectivity index (χ2n) is 3.44. The molecule has 0 atom stereocenters. The summed E-state index contributed by atoms with van der Waals surface area (Å²) in [6.07, 6.45) is -2.03. The molecule has 19 heavy (non-hydrogen) atoms. The number of thioether (sulfide) groups is 1. The van der Waals surface area contributed by atoms with Gasteiger partial charge in [-0.05, 0) is 18.2 Å². The van der Waals surface area contributed by atoms with E-state index in [9.17, 15) is 22.4 Å². The molecule has 7 heteroatoms. The van der Waals surface area contributed by atoms with Crippen LogP contribution in [0.1, 0.15) is 12.5 Å². The molecule has 0 bridgehead atoms. The number of alkyl halides is 3. The average molecular weight is 294 g/mol. The molecule has 2 nitrogen and oxygen atoms in total. The standard InChI is InChI=1S/C12H10F4O2S/c1-8(17)19-6-2-3-9-7-10(4-5-11(9)13)18-12(14,15)16/h2-5,7H,6H2,1H3. The van der Waals surface area contributed by atoms with E-state index in [1.807, 2.05) is 0 Å². The van der Waals surface area contributed by atoms with Crippen LogP contribution in [0.3, 0.4) is 0 Å². The Kier molecular flexibility index (Phi) is 5.41. The van der Waals surface area contributed by atoms with Crippen LogP contribution in [-0.4, -0.2) is 17.2 Å². The zero-order valence-electron chi connectivity index (χ0n) is 9.83. The number of carbonyl (C=O) groups is 1. The number of ether oxygens (including phenoxy) is 1. The van der Waals surface area contributed by atoms with Gasteiger partial charge in [0.15, 0.2) is 5.12 Å². The number of rotatable bonds is 4. The lowest BCUT2D eigenvalue weighted by atomic mass is 10.2. The number of hydrogen-bond donors (Lipinski definition) is 0. The summed E-state index contributed by atoms with van der Waals surface area (Å²) in [5.41, 5.74) is -0.0362. The van der Waals surface area contributed by atoms with Crippen LogP contribution in [0.15, 0.2) is 24.3 Å². The molecule has 1 aromatic carbocycles. The molecule has 0 aliphatic rings. The van der Waals surface area contributed by atoms with Gasteiger partial charge < -0.3 is 4.74 Å². The monoisotopic (exact) mass is 294 g/mol. The second kappa shape index (κ2) is 6.60. The van der Waals surface area contributed by atoms with Crippen LogP contribution in [0, 0.1) is 5.82 Å². The SMILES string of the molecule is CC(=O)SCC=Cc1cc(OC(F)(F)F)ccc1F. The fraction of sp³-hybridized carbons (Fsp3) is 0.250. The maximum atomic E-state index is 13.3. The van der Waals surface area contributed by atoms with Crippen molar-refractivity contribution in [2.75, 3.05) is 5.75 Å². The smallest absolute Gasteiger partial charge is 0.406 e. The molecule has 0 aromatic heterocycles. The van der Waals surface area contributed by atoms with Crippen LogP contribution in [-0.2, 0) is 4.79 Å². The topological polar surface area (TPSA) is 26.3 Å². The zero-order valence-corrected chi connectivity index (χ0v) is 10.6. The molecule has 1 rings (SSSR count). The Labute approximate surface area is 111 Å². The van der Waals surface area contributed by atoms with Crippen molar-refractivity contribution in [2.45, 2.75) is 13.3 Å². The van der Waals surface area contributed by atoms with Gasteiger partial charge in [0.2, 0.25) is 0 Å². The first kappa shape index (κ1) is 15.6. The van der Waals surface area contributed by atoms with Gasteiger partial charge in [-0.15, -0.1) is 13.2 Å². The lowest BCUT2D eigenvalue weighted by Crippen LogP contribution is -2.17. The molecule has 0 aliphatic heterocycles. The highest BCUT2D eigenvalue weighted by molar-refractivity contribution is 8.13. The third-order valence-electron chi connectivity index (χ3n) is 1.88. The highest BCUT2D eigenvalue weighted by atomic mass is 32.2. The van der Waals surface area contributed by atoms with Crippen molar-refractivity contribution in [3.05, 3.63) is 35.7 Å². The Balaban J connectivity index is 2.77. The van der Waals surface area contributed by atoms with E-state index in [0.717, 1.165) is 30.0 Å². The van der Waals surface area contributed by atoms with Crippen LogP contribution in [0.25, 0.3) is 6.08 Å². The summed E-state index contributed by atoms with van der Waals surface area (Å²) in [6, 6.07) is 2.72. The van der Waals surface area contributed by atoms with Gasteiger partial charge in [0, 0.05) is 18.2 Å². The van der Waals surface area contributed by atoms with Crippen molar-refractivity contribution in [1.82, 2.24) is 0 Å². The molecule has 0 heterocycles. The first-order valence-corrected chi connectivity index (χ1v) is 6.11. The molecule has 0 saturated heterocycles. The van der Waals surface area contributed by atoms with E-state index < -0.39 is 17.9 Å². The van der Waals surface area contributed by atoms with E-state index in [1.165, 1.54) is 19.1 Å². The summed E-state index contributed by atoms with van der Waals surface area (Å²) in [7, 11) is 0. The highest BCUT2D eigenvalue weighted by Gasteiger charge is 2.31. The Bertz CT molecular complexity index is 483. The Morgan fingerprint density at radius 1 is 1.42 bits per heavy atom. The summed E-state index contributed by atoms with van der Waals surface area (Å²) < 4.78 is 53.0. The summed E-state index contributed by atoms with van der Waals surface area (Å²) >= 11 is 1.01. The van der Waals surface area contributed by atoms with Crippen LogP contribution in [0.5, 0.6) is 5.75 Å². The van der Waals surface area contributed by atoms with Gasteiger partial charge >= 0.3 is 6.36 Å². The number of carbonyl (C=O) groups excluding carboxylic acids is 1. The molecule has 0 radical (unpaired) electrons. The van der Waals surface area contributed by atoms with Crippen LogP contribution < -0.4 is 4.74 Å². The van der Waals surface area contributed by atoms with E-state index in [0.29, 0.717) is 5.75 Å². The quantitative estimate of drug-likeness (QED) is 0.785. The molecule has 0 N–H and O–H groups in total. The normalized spacial score (nSPS) is 11.8. The Morgan fingerprint density at radius 2 is 2.11 bits per heavy atom. The Morgan fingerprint density at radius 3 is 2.68 bits per heavy atom. The van der Waals surface area contributed by atoms with Crippen molar-refractivity contribution >= 4 is 23.0 Å². The molecule has 1 aromatic rings. The maximum Gasteiger partial charge on any atom is 0.573 e. The maximum absolute atomic E-state index is 13.3. The van der Waals surface area contributed by atoms with Gasteiger partial charge in [-0.2, -0.15) is 0 Å².